The quantitative estimate of drug-likeness (QED) is 0.353. The number of rotatable bonds is 9. The van der Waals surface area contributed by atoms with Crippen molar-refractivity contribution in [2.24, 2.45) is 10.9 Å². The second-order valence-electron chi connectivity index (χ2n) is 7.03. The van der Waals surface area contributed by atoms with Crippen molar-refractivity contribution >= 4 is 11.9 Å². The van der Waals surface area contributed by atoms with Gasteiger partial charge in [0.2, 0.25) is 5.91 Å². The van der Waals surface area contributed by atoms with Gasteiger partial charge in [0, 0.05) is 26.1 Å². The molecule has 2 rings (SSSR count). The minimum atomic E-state index is 0.170. The molecule has 1 saturated carbocycles. The first-order chi connectivity index (χ1) is 13.2. The molecule has 1 aliphatic rings. The molecule has 1 fully saturated rings. The van der Waals surface area contributed by atoms with Crippen LogP contribution in [0.2, 0.25) is 0 Å². The average Bonchev–Trinajstić information content (AvgIpc) is 2.70. The molecule has 0 atom stereocenters. The number of nitrogens with one attached hydrogen (secondary N) is 3. The highest BCUT2D eigenvalue weighted by atomic mass is 16.5. The van der Waals surface area contributed by atoms with Crippen LogP contribution < -0.4 is 20.7 Å². The fourth-order valence-corrected chi connectivity index (χ4v) is 3.35. The first-order valence-corrected chi connectivity index (χ1v) is 10.1. The van der Waals surface area contributed by atoms with Gasteiger partial charge in [0.1, 0.15) is 5.75 Å². The van der Waals surface area contributed by atoms with Crippen molar-refractivity contribution in [3.63, 3.8) is 0 Å². The van der Waals surface area contributed by atoms with Crippen molar-refractivity contribution in [1.82, 2.24) is 16.0 Å². The highest BCUT2D eigenvalue weighted by molar-refractivity contribution is 5.80. The lowest BCUT2D eigenvalue weighted by Crippen LogP contribution is -2.41. The fraction of sp³-hybridized carbons (Fsp3) is 0.619. The van der Waals surface area contributed by atoms with Crippen LogP contribution in [0.1, 0.15) is 51.0 Å². The summed E-state index contributed by atoms with van der Waals surface area (Å²) in [5, 5.41) is 9.52. The van der Waals surface area contributed by atoms with Crippen molar-refractivity contribution < 1.29 is 9.53 Å². The Bertz CT molecular complexity index is 580. The van der Waals surface area contributed by atoms with E-state index in [9.17, 15) is 4.79 Å². The van der Waals surface area contributed by atoms with Crippen LogP contribution in [-0.4, -0.2) is 38.6 Å². The van der Waals surface area contributed by atoms with E-state index in [1.807, 2.05) is 31.2 Å². The van der Waals surface area contributed by atoms with E-state index in [-0.39, 0.29) is 5.91 Å². The standard InChI is InChI=1S/C21H34N4O2/c1-3-22-21(25-16-18-9-11-19(27-2)12-10-18)24-14-13-23-20(26)15-17-7-5-4-6-8-17/h9-12,17H,3-8,13-16H2,1-2H3,(H,23,26)(H2,22,24,25). The van der Waals surface area contributed by atoms with E-state index in [4.69, 9.17) is 4.74 Å². The Kier molecular flexibility index (Phi) is 9.52. The predicted molar refractivity (Wildman–Crippen MR) is 110 cm³/mol. The summed E-state index contributed by atoms with van der Waals surface area (Å²) in [4.78, 5) is 16.6. The zero-order chi connectivity index (χ0) is 19.3. The van der Waals surface area contributed by atoms with Crippen LogP contribution >= 0.6 is 0 Å². The van der Waals surface area contributed by atoms with Gasteiger partial charge in [0.05, 0.1) is 13.7 Å². The molecule has 0 bridgehead atoms. The number of nitrogens with zero attached hydrogens (tertiary/aromatic N) is 1. The Labute approximate surface area is 163 Å². The number of ether oxygens (including phenoxy) is 1. The molecule has 1 aromatic rings. The van der Waals surface area contributed by atoms with E-state index in [1.165, 1.54) is 32.1 Å². The number of amides is 1. The van der Waals surface area contributed by atoms with Gasteiger partial charge in [0.25, 0.3) is 0 Å². The Morgan fingerprint density at radius 1 is 1.07 bits per heavy atom. The van der Waals surface area contributed by atoms with Gasteiger partial charge in [0.15, 0.2) is 5.96 Å². The summed E-state index contributed by atoms with van der Waals surface area (Å²) < 4.78 is 5.17. The summed E-state index contributed by atoms with van der Waals surface area (Å²) in [6.45, 7) is 4.69. The number of aliphatic imine (C=N–C) groups is 1. The molecule has 0 unspecified atom stereocenters. The second kappa shape index (κ2) is 12.2. The normalized spacial score (nSPS) is 15.3. The third kappa shape index (κ3) is 8.33. The van der Waals surface area contributed by atoms with Crippen molar-refractivity contribution in [2.45, 2.75) is 52.0 Å². The lowest BCUT2D eigenvalue weighted by atomic mass is 9.87. The first kappa shape index (κ1) is 21.1. The molecule has 1 aromatic carbocycles. The van der Waals surface area contributed by atoms with Gasteiger partial charge in [-0.1, -0.05) is 31.4 Å². The van der Waals surface area contributed by atoms with E-state index in [0.29, 0.717) is 32.0 Å². The van der Waals surface area contributed by atoms with E-state index in [2.05, 4.69) is 20.9 Å². The van der Waals surface area contributed by atoms with Gasteiger partial charge in [-0.15, -0.1) is 0 Å². The van der Waals surface area contributed by atoms with E-state index < -0.39 is 0 Å². The maximum atomic E-state index is 12.0. The molecule has 3 N–H and O–H groups in total. The summed E-state index contributed by atoms with van der Waals surface area (Å²) in [7, 11) is 1.66. The summed E-state index contributed by atoms with van der Waals surface area (Å²) in [6, 6.07) is 7.90. The summed E-state index contributed by atoms with van der Waals surface area (Å²) in [6.07, 6.45) is 6.95. The van der Waals surface area contributed by atoms with Gasteiger partial charge in [-0.2, -0.15) is 0 Å². The molecule has 0 spiro atoms. The third-order valence-electron chi connectivity index (χ3n) is 4.86. The Balaban J connectivity index is 1.68. The number of methoxy groups -OCH3 is 1. The number of carbonyl (C=O) groups is 1. The summed E-state index contributed by atoms with van der Waals surface area (Å²) >= 11 is 0. The molecular weight excluding hydrogens is 340 g/mol. The SMILES string of the molecule is CCNC(=NCc1ccc(OC)cc1)NCCNC(=O)CC1CCCCC1. The lowest BCUT2D eigenvalue weighted by Gasteiger charge is -2.20. The van der Waals surface area contributed by atoms with Crippen LogP contribution in [0.4, 0.5) is 0 Å². The number of hydrogen-bond acceptors (Lipinski definition) is 3. The maximum absolute atomic E-state index is 12.0. The number of guanidine groups is 1. The second-order valence-corrected chi connectivity index (χ2v) is 7.03. The average molecular weight is 375 g/mol. The lowest BCUT2D eigenvalue weighted by molar-refractivity contribution is -0.122. The molecule has 150 valence electrons. The molecule has 0 radical (unpaired) electrons. The van der Waals surface area contributed by atoms with Gasteiger partial charge in [-0.05, 0) is 43.4 Å². The van der Waals surface area contributed by atoms with Crippen LogP contribution in [0.15, 0.2) is 29.3 Å². The third-order valence-corrected chi connectivity index (χ3v) is 4.86. The monoisotopic (exact) mass is 374 g/mol. The zero-order valence-corrected chi connectivity index (χ0v) is 16.7. The van der Waals surface area contributed by atoms with Gasteiger partial charge < -0.3 is 20.7 Å². The fourth-order valence-electron chi connectivity index (χ4n) is 3.35. The van der Waals surface area contributed by atoms with E-state index >= 15 is 0 Å². The minimum absolute atomic E-state index is 0.170. The Morgan fingerprint density at radius 3 is 2.44 bits per heavy atom. The molecule has 0 saturated heterocycles. The van der Waals surface area contributed by atoms with Crippen molar-refractivity contribution in [3.8, 4) is 5.75 Å². The molecule has 0 aromatic heterocycles. The molecule has 0 heterocycles. The van der Waals surface area contributed by atoms with Crippen LogP contribution in [0.25, 0.3) is 0 Å². The van der Waals surface area contributed by atoms with Crippen LogP contribution in [0.5, 0.6) is 5.75 Å². The molecule has 0 aliphatic heterocycles. The largest absolute Gasteiger partial charge is 0.497 e. The van der Waals surface area contributed by atoms with Gasteiger partial charge in [-0.3, -0.25) is 4.79 Å². The molecule has 27 heavy (non-hydrogen) atoms. The van der Waals surface area contributed by atoms with Gasteiger partial charge in [-0.25, -0.2) is 4.99 Å². The minimum Gasteiger partial charge on any atom is -0.497 e. The Morgan fingerprint density at radius 2 is 1.78 bits per heavy atom. The highest BCUT2D eigenvalue weighted by Gasteiger charge is 2.16. The van der Waals surface area contributed by atoms with Crippen LogP contribution in [0.3, 0.4) is 0 Å². The molecule has 1 amide bonds. The number of hydrogen-bond donors (Lipinski definition) is 3. The smallest absolute Gasteiger partial charge is 0.220 e. The van der Waals surface area contributed by atoms with Crippen LogP contribution in [-0.2, 0) is 11.3 Å². The zero-order valence-electron chi connectivity index (χ0n) is 16.7. The maximum Gasteiger partial charge on any atom is 0.220 e. The number of benzene rings is 1. The Hall–Kier alpha value is -2.24. The summed E-state index contributed by atoms with van der Waals surface area (Å²) in [5.41, 5.74) is 1.12. The predicted octanol–water partition coefficient (Wildman–Crippen LogP) is 2.84. The number of carbonyl (C=O) groups excluding carboxylic acids is 1. The molecule has 6 heteroatoms. The molecular formula is C21H34N4O2. The van der Waals surface area contributed by atoms with Crippen molar-refractivity contribution in [2.75, 3.05) is 26.7 Å². The van der Waals surface area contributed by atoms with Crippen molar-refractivity contribution in [3.05, 3.63) is 29.8 Å². The summed E-state index contributed by atoms with van der Waals surface area (Å²) in [5.74, 6) is 2.35. The van der Waals surface area contributed by atoms with E-state index in [1.54, 1.807) is 7.11 Å². The van der Waals surface area contributed by atoms with Crippen LogP contribution in [0, 0.1) is 5.92 Å². The van der Waals surface area contributed by atoms with E-state index in [0.717, 1.165) is 23.8 Å². The first-order valence-electron chi connectivity index (χ1n) is 10.1. The molecule has 6 nitrogen and oxygen atoms in total. The topological polar surface area (TPSA) is 74.8 Å². The van der Waals surface area contributed by atoms with Gasteiger partial charge >= 0.3 is 0 Å². The highest BCUT2D eigenvalue weighted by Crippen LogP contribution is 2.25. The van der Waals surface area contributed by atoms with Crippen molar-refractivity contribution in [1.29, 1.82) is 0 Å². The molecule has 1 aliphatic carbocycles.